The highest BCUT2D eigenvalue weighted by Gasteiger charge is 2.36. The smallest absolute Gasteiger partial charge is 0.260 e. The molecule has 0 saturated carbocycles. The minimum Gasteiger partial charge on any atom is -0.467 e. The maximum absolute atomic E-state index is 12.2. The molecule has 0 spiro atoms. The predicted molar refractivity (Wildman–Crippen MR) is 61.9 cm³/mol. The van der Waals surface area contributed by atoms with Crippen molar-refractivity contribution < 1.29 is 14.3 Å². The molecular weight excluding hydrogens is 220 g/mol. The lowest BCUT2D eigenvalue weighted by Gasteiger charge is -2.39. The lowest BCUT2D eigenvalue weighted by atomic mass is 10.1. The zero-order valence-corrected chi connectivity index (χ0v) is 9.60. The van der Waals surface area contributed by atoms with Gasteiger partial charge in [-0.15, -0.1) is 0 Å². The molecule has 90 valence electrons. The van der Waals surface area contributed by atoms with E-state index < -0.39 is 0 Å². The molecule has 3 rings (SSSR count). The van der Waals surface area contributed by atoms with Gasteiger partial charge >= 0.3 is 0 Å². The Morgan fingerprint density at radius 1 is 1.47 bits per heavy atom. The molecule has 0 radical (unpaired) electrons. The molecule has 1 fully saturated rings. The van der Waals surface area contributed by atoms with E-state index in [1.165, 1.54) is 0 Å². The van der Waals surface area contributed by atoms with Gasteiger partial charge < -0.3 is 15.2 Å². The minimum atomic E-state index is -0.299. The Morgan fingerprint density at radius 2 is 2.29 bits per heavy atom. The van der Waals surface area contributed by atoms with Crippen molar-refractivity contribution in [2.75, 3.05) is 25.5 Å². The number of carbonyl (C=O) groups excluding carboxylic acids is 1. The minimum absolute atomic E-state index is 0.0220. The zero-order chi connectivity index (χ0) is 12.0. The van der Waals surface area contributed by atoms with E-state index in [1.807, 2.05) is 13.0 Å². The first-order valence-corrected chi connectivity index (χ1v) is 5.62. The number of aryl methyl sites for hydroxylation is 1. The fourth-order valence-electron chi connectivity index (χ4n) is 2.18. The van der Waals surface area contributed by atoms with Crippen molar-refractivity contribution in [3.05, 3.63) is 23.3 Å². The lowest BCUT2D eigenvalue weighted by molar-refractivity contribution is -0.0813. The highest BCUT2D eigenvalue weighted by atomic mass is 16.6. The van der Waals surface area contributed by atoms with Crippen LogP contribution in [0.4, 0.5) is 5.69 Å². The number of nitrogens with two attached hydrogens (primary N) is 1. The molecule has 0 bridgehead atoms. The predicted octanol–water partition coefficient (Wildman–Crippen LogP) is 0.768. The van der Waals surface area contributed by atoms with Crippen molar-refractivity contribution in [3.8, 4) is 5.75 Å². The molecule has 1 atom stereocenters. The van der Waals surface area contributed by atoms with Crippen LogP contribution in [-0.2, 0) is 4.74 Å². The summed E-state index contributed by atoms with van der Waals surface area (Å²) in [4.78, 5) is 13.9. The second kappa shape index (κ2) is 3.63. The van der Waals surface area contributed by atoms with E-state index >= 15 is 0 Å². The summed E-state index contributed by atoms with van der Waals surface area (Å²) in [7, 11) is 0. The van der Waals surface area contributed by atoms with Gasteiger partial charge in [0.05, 0.1) is 12.2 Å². The standard InChI is InChI=1S/C12H14N2O3/c1-7-4-10-8(5-9(7)13)12(15)14-2-3-16-6-11(14)17-10/h4-5,11H,2-3,6,13H2,1H3. The Hall–Kier alpha value is -1.75. The van der Waals surface area contributed by atoms with E-state index in [0.29, 0.717) is 36.8 Å². The number of amides is 1. The topological polar surface area (TPSA) is 64.8 Å². The first kappa shape index (κ1) is 10.4. The number of carbonyl (C=O) groups is 1. The largest absolute Gasteiger partial charge is 0.467 e. The molecule has 0 aliphatic carbocycles. The van der Waals surface area contributed by atoms with Gasteiger partial charge in [-0.1, -0.05) is 0 Å². The molecule has 2 aliphatic heterocycles. The van der Waals surface area contributed by atoms with Crippen LogP contribution in [0.25, 0.3) is 0 Å². The number of anilines is 1. The summed E-state index contributed by atoms with van der Waals surface area (Å²) in [5, 5.41) is 0. The first-order valence-electron chi connectivity index (χ1n) is 5.62. The summed E-state index contributed by atoms with van der Waals surface area (Å²) in [5.74, 6) is 0.583. The van der Waals surface area contributed by atoms with Crippen LogP contribution in [0.15, 0.2) is 12.1 Å². The molecule has 1 unspecified atom stereocenters. The molecule has 1 aromatic carbocycles. The first-order chi connectivity index (χ1) is 8.16. The molecule has 5 heteroatoms. The van der Waals surface area contributed by atoms with Gasteiger partial charge in [-0.25, -0.2) is 0 Å². The fourth-order valence-corrected chi connectivity index (χ4v) is 2.18. The van der Waals surface area contributed by atoms with Gasteiger partial charge in [-0.2, -0.15) is 0 Å². The van der Waals surface area contributed by atoms with Crippen molar-refractivity contribution in [2.24, 2.45) is 0 Å². The van der Waals surface area contributed by atoms with Gasteiger partial charge in [-0.3, -0.25) is 9.69 Å². The summed E-state index contributed by atoms with van der Waals surface area (Å²) >= 11 is 0. The average molecular weight is 234 g/mol. The van der Waals surface area contributed by atoms with Crippen LogP contribution in [0.3, 0.4) is 0 Å². The number of nitrogens with zero attached hydrogens (tertiary/aromatic N) is 1. The summed E-state index contributed by atoms with van der Waals surface area (Å²) in [5.41, 5.74) is 7.91. The van der Waals surface area contributed by atoms with Crippen LogP contribution in [0.1, 0.15) is 15.9 Å². The van der Waals surface area contributed by atoms with Crippen LogP contribution < -0.4 is 10.5 Å². The number of morpholine rings is 1. The molecule has 1 amide bonds. The number of rotatable bonds is 0. The van der Waals surface area contributed by atoms with Crippen molar-refractivity contribution in [3.63, 3.8) is 0 Å². The van der Waals surface area contributed by atoms with Gasteiger partial charge in [0.15, 0.2) is 6.23 Å². The van der Waals surface area contributed by atoms with E-state index in [9.17, 15) is 4.79 Å². The van der Waals surface area contributed by atoms with Gasteiger partial charge in [-0.05, 0) is 24.6 Å². The summed E-state index contributed by atoms with van der Waals surface area (Å²) in [6, 6.07) is 3.51. The van der Waals surface area contributed by atoms with Crippen LogP contribution in [0.2, 0.25) is 0 Å². The molecule has 2 N–H and O–H groups in total. The number of fused-ring (bicyclic) bond motifs is 2. The lowest BCUT2D eigenvalue weighted by Crippen LogP contribution is -2.54. The Morgan fingerprint density at radius 3 is 3.12 bits per heavy atom. The maximum Gasteiger partial charge on any atom is 0.260 e. The third-order valence-electron chi connectivity index (χ3n) is 3.21. The highest BCUT2D eigenvalue weighted by Crippen LogP contribution is 2.32. The van der Waals surface area contributed by atoms with E-state index in [2.05, 4.69) is 0 Å². The summed E-state index contributed by atoms with van der Waals surface area (Å²) in [6.45, 7) is 3.45. The molecule has 17 heavy (non-hydrogen) atoms. The zero-order valence-electron chi connectivity index (χ0n) is 9.60. The van der Waals surface area contributed by atoms with Gasteiger partial charge in [0.25, 0.3) is 5.91 Å². The molecule has 1 aromatic rings. The molecule has 1 saturated heterocycles. The van der Waals surface area contributed by atoms with Crippen molar-refractivity contribution in [1.82, 2.24) is 4.90 Å². The number of hydrogen-bond acceptors (Lipinski definition) is 4. The average Bonchev–Trinajstić information content (AvgIpc) is 2.32. The third-order valence-corrected chi connectivity index (χ3v) is 3.21. The second-order valence-electron chi connectivity index (χ2n) is 4.35. The summed E-state index contributed by atoms with van der Waals surface area (Å²) in [6.07, 6.45) is -0.299. The Bertz CT molecular complexity index is 487. The Kier molecular flexibility index (Phi) is 2.22. The van der Waals surface area contributed by atoms with Gasteiger partial charge in [0.1, 0.15) is 12.4 Å². The van der Waals surface area contributed by atoms with Crippen LogP contribution >= 0.6 is 0 Å². The normalized spacial score (nSPS) is 22.8. The third kappa shape index (κ3) is 1.54. The van der Waals surface area contributed by atoms with E-state index in [0.717, 1.165) is 5.56 Å². The fraction of sp³-hybridized carbons (Fsp3) is 0.417. The number of hydrogen-bond donors (Lipinski definition) is 1. The summed E-state index contributed by atoms with van der Waals surface area (Å²) < 4.78 is 11.1. The van der Waals surface area contributed by atoms with Crippen molar-refractivity contribution >= 4 is 11.6 Å². The second-order valence-corrected chi connectivity index (χ2v) is 4.35. The van der Waals surface area contributed by atoms with Crippen LogP contribution in [0, 0.1) is 6.92 Å². The Labute approximate surface area is 99.1 Å². The van der Waals surface area contributed by atoms with Gasteiger partial charge in [0.2, 0.25) is 0 Å². The molecule has 0 aromatic heterocycles. The van der Waals surface area contributed by atoms with E-state index in [-0.39, 0.29) is 12.1 Å². The maximum atomic E-state index is 12.2. The van der Waals surface area contributed by atoms with E-state index in [4.69, 9.17) is 15.2 Å². The molecule has 2 heterocycles. The molecule has 5 nitrogen and oxygen atoms in total. The van der Waals surface area contributed by atoms with Gasteiger partial charge in [0, 0.05) is 12.2 Å². The SMILES string of the molecule is Cc1cc2c(cc1N)C(=O)N1CCOCC1O2. The quantitative estimate of drug-likeness (QED) is 0.673. The van der Waals surface area contributed by atoms with Crippen LogP contribution in [0.5, 0.6) is 5.75 Å². The number of benzene rings is 1. The van der Waals surface area contributed by atoms with Crippen molar-refractivity contribution in [1.29, 1.82) is 0 Å². The monoisotopic (exact) mass is 234 g/mol. The van der Waals surface area contributed by atoms with E-state index in [1.54, 1.807) is 11.0 Å². The van der Waals surface area contributed by atoms with Crippen molar-refractivity contribution in [2.45, 2.75) is 13.2 Å². The van der Waals surface area contributed by atoms with Crippen LogP contribution in [-0.4, -0.2) is 36.8 Å². The number of ether oxygens (including phenoxy) is 2. The highest BCUT2D eigenvalue weighted by molar-refractivity contribution is 5.99. The molecule has 2 aliphatic rings. The Balaban J connectivity index is 2.06. The molecular formula is C12H14N2O3. The number of nitrogen functional groups attached to an aromatic ring is 1.